The maximum atomic E-state index is 13.6. The second-order valence-corrected chi connectivity index (χ2v) is 10.3. The molecule has 6 heteroatoms. The molecule has 1 atom stereocenters. The summed E-state index contributed by atoms with van der Waals surface area (Å²) in [4.78, 5) is 12.9. The molecular formula is C25H29NO4S. The van der Waals surface area contributed by atoms with Crippen LogP contribution in [-0.4, -0.2) is 30.8 Å². The summed E-state index contributed by atoms with van der Waals surface area (Å²) in [6.45, 7) is 12.7. The van der Waals surface area contributed by atoms with Crippen molar-refractivity contribution in [1.82, 2.24) is 4.31 Å². The minimum absolute atomic E-state index is 0.00952. The van der Waals surface area contributed by atoms with E-state index < -0.39 is 27.6 Å². The van der Waals surface area contributed by atoms with Crippen molar-refractivity contribution < 1.29 is 17.9 Å². The number of benzene rings is 2. The minimum atomic E-state index is -4.04. The Kier molecular flexibility index (Phi) is 7.48. The van der Waals surface area contributed by atoms with Crippen LogP contribution in [0, 0.1) is 26.2 Å². The summed E-state index contributed by atoms with van der Waals surface area (Å²) < 4.78 is 33.7. The van der Waals surface area contributed by atoms with Gasteiger partial charge in [-0.25, -0.2) is 13.2 Å². The topological polar surface area (TPSA) is 63.7 Å². The fourth-order valence-corrected chi connectivity index (χ4v) is 4.52. The van der Waals surface area contributed by atoms with Crippen molar-refractivity contribution in [2.75, 3.05) is 6.54 Å². The molecule has 2 aromatic carbocycles. The molecule has 0 heterocycles. The summed E-state index contributed by atoms with van der Waals surface area (Å²) in [5.41, 5.74) is 1.73. The molecule has 5 nitrogen and oxygen atoms in total. The maximum absolute atomic E-state index is 13.6. The van der Waals surface area contributed by atoms with Crippen LogP contribution in [0.2, 0.25) is 0 Å². The zero-order valence-electron chi connectivity index (χ0n) is 18.7. The fraction of sp³-hybridized carbons (Fsp3) is 0.320. The summed E-state index contributed by atoms with van der Waals surface area (Å²) in [6.07, 6.45) is 5.54. The first-order valence-corrected chi connectivity index (χ1v) is 11.3. The average molecular weight is 440 g/mol. The number of hydrogen-bond acceptors (Lipinski definition) is 4. The standard InChI is InChI=1S/C25H29NO4S/c1-8-17-26(31(28,29)22-15-11-19(3)12-16-22)23(21-13-9-18(2)10-14-21)20(4)24(27)30-25(5,6)7/h1,9-16,23H,4,17H2,2-3,5-7H3/t23-/m1/s1. The fourth-order valence-electron chi connectivity index (χ4n) is 3.00. The van der Waals surface area contributed by atoms with Crippen molar-refractivity contribution in [3.63, 3.8) is 0 Å². The summed E-state index contributed by atoms with van der Waals surface area (Å²) in [7, 11) is -4.04. The molecule has 31 heavy (non-hydrogen) atoms. The van der Waals surface area contributed by atoms with E-state index in [9.17, 15) is 13.2 Å². The lowest BCUT2D eigenvalue weighted by atomic mass is 9.98. The van der Waals surface area contributed by atoms with Gasteiger partial charge in [0.05, 0.1) is 23.1 Å². The smallest absolute Gasteiger partial charge is 0.335 e. The number of carbonyl (C=O) groups is 1. The van der Waals surface area contributed by atoms with Crippen LogP contribution in [0.15, 0.2) is 65.6 Å². The lowest BCUT2D eigenvalue weighted by Crippen LogP contribution is -2.38. The number of rotatable bonds is 7. The molecule has 0 saturated carbocycles. The molecule has 0 fully saturated rings. The molecule has 0 N–H and O–H groups in total. The van der Waals surface area contributed by atoms with E-state index in [1.807, 2.05) is 26.0 Å². The number of terminal acetylenes is 1. The molecule has 0 spiro atoms. The summed E-state index contributed by atoms with van der Waals surface area (Å²) in [6, 6.07) is 12.7. The van der Waals surface area contributed by atoms with Gasteiger partial charge in [-0.3, -0.25) is 0 Å². The van der Waals surface area contributed by atoms with Gasteiger partial charge in [-0.2, -0.15) is 4.31 Å². The van der Waals surface area contributed by atoms with E-state index in [2.05, 4.69) is 12.5 Å². The van der Waals surface area contributed by atoms with E-state index in [0.29, 0.717) is 5.56 Å². The van der Waals surface area contributed by atoms with E-state index in [1.165, 1.54) is 12.1 Å². The third-order valence-corrected chi connectivity index (χ3v) is 6.37. The Labute approximate surface area is 185 Å². The Morgan fingerprint density at radius 3 is 2.00 bits per heavy atom. The molecule has 0 bridgehead atoms. The highest BCUT2D eigenvalue weighted by atomic mass is 32.2. The van der Waals surface area contributed by atoms with E-state index >= 15 is 0 Å². The van der Waals surface area contributed by atoms with Gasteiger partial charge in [0.25, 0.3) is 0 Å². The Bertz CT molecular complexity index is 1090. The zero-order valence-corrected chi connectivity index (χ0v) is 19.5. The van der Waals surface area contributed by atoms with Gasteiger partial charge in [-0.1, -0.05) is 60.0 Å². The van der Waals surface area contributed by atoms with Gasteiger partial charge in [0.15, 0.2) is 0 Å². The number of carbonyl (C=O) groups excluding carboxylic acids is 1. The first-order chi connectivity index (χ1) is 14.4. The van der Waals surface area contributed by atoms with Crippen LogP contribution >= 0.6 is 0 Å². The lowest BCUT2D eigenvalue weighted by molar-refractivity contribution is -0.150. The van der Waals surface area contributed by atoms with Crippen LogP contribution in [0.3, 0.4) is 0 Å². The first-order valence-electron chi connectivity index (χ1n) is 9.87. The Morgan fingerprint density at radius 2 is 1.55 bits per heavy atom. The molecule has 0 saturated heterocycles. The van der Waals surface area contributed by atoms with Gasteiger partial charge < -0.3 is 4.74 Å². The van der Waals surface area contributed by atoms with Crippen molar-refractivity contribution in [3.05, 3.63) is 77.4 Å². The molecule has 0 aliphatic carbocycles. The molecule has 0 amide bonds. The van der Waals surface area contributed by atoms with Crippen LogP contribution in [0.25, 0.3) is 0 Å². The van der Waals surface area contributed by atoms with E-state index in [-0.39, 0.29) is 17.0 Å². The number of nitrogens with zero attached hydrogens (tertiary/aromatic N) is 1. The predicted molar refractivity (Wildman–Crippen MR) is 123 cm³/mol. The SMILES string of the molecule is C#CCN([C@H](C(=C)C(=O)OC(C)(C)C)c1ccc(C)cc1)S(=O)(=O)c1ccc(C)cc1. The van der Waals surface area contributed by atoms with Crippen LogP contribution in [-0.2, 0) is 19.6 Å². The van der Waals surface area contributed by atoms with Gasteiger partial charge in [0, 0.05) is 0 Å². The van der Waals surface area contributed by atoms with Crippen LogP contribution in [0.5, 0.6) is 0 Å². The second kappa shape index (κ2) is 9.51. The third kappa shape index (κ3) is 6.06. The number of sulfonamides is 1. The van der Waals surface area contributed by atoms with E-state index in [1.54, 1.807) is 45.0 Å². The molecule has 0 unspecified atom stereocenters. The van der Waals surface area contributed by atoms with Crippen LogP contribution in [0.4, 0.5) is 0 Å². The van der Waals surface area contributed by atoms with E-state index in [4.69, 9.17) is 11.2 Å². The Balaban J connectivity index is 2.64. The third-order valence-electron chi connectivity index (χ3n) is 4.55. The average Bonchev–Trinajstić information content (AvgIpc) is 2.67. The minimum Gasteiger partial charge on any atom is -0.457 e. The molecule has 2 rings (SSSR count). The normalized spacial score (nSPS) is 12.8. The van der Waals surface area contributed by atoms with Gasteiger partial charge in [-0.05, 0) is 52.3 Å². The van der Waals surface area contributed by atoms with Crippen LogP contribution < -0.4 is 0 Å². The van der Waals surface area contributed by atoms with Crippen molar-refractivity contribution in [2.24, 2.45) is 0 Å². The largest absolute Gasteiger partial charge is 0.457 e. The zero-order chi connectivity index (χ0) is 23.4. The summed E-state index contributed by atoms with van der Waals surface area (Å²) >= 11 is 0. The summed E-state index contributed by atoms with van der Waals surface area (Å²) in [5, 5.41) is 0. The Hall–Kier alpha value is -2.88. The van der Waals surface area contributed by atoms with Gasteiger partial charge >= 0.3 is 5.97 Å². The van der Waals surface area contributed by atoms with Crippen molar-refractivity contribution in [2.45, 2.75) is 51.2 Å². The monoisotopic (exact) mass is 439 g/mol. The van der Waals surface area contributed by atoms with Crippen LogP contribution in [0.1, 0.15) is 43.5 Å². The summed E-state index contributed by atoms with van der Waals surface area (Å²) in [5.74, 6) is 1.73. The second-order valence-electron chi connectivity index (χ2n) is 8.41. The van der Waals surface area contributed by atoms with Gasteiger partial charge in [0.2, 0.25) is 10.0 Å². The highest BCUT2D eigenvalue weighted by Gasteiger charge is 2.37. The number of hydrogen-bond donors (Lipinski definition) is 0. The van der Waals surface area contributed by atoms with Crippen molar-refractivity contribution >= 4 is 16.0 Å². The number of aryl methyl sites for hydroxylation is 2. The van der Waals surface area contributed by atoms with Crippen molar-refractivity contribution in [1.29, 1.82) is 0 Å². The number of ether oxygens (including phenoxy) is 1. The lowest BCUT2D eigenvalue weighted by Gasteiger charge is -2.32. The Morgan fingerprint density at radius 1 is 1.06 bits per heavy atom. The van der Waals surface area contributed by atoms with Gasteiger partial charge in [0.1, 0.15) is 5.60 Å². The molecule has 0 radical (unpaired) electrons. The molecule has 0 aliphatic heterocycles. The highest BCUT2D eigenvalue weighted by molar-refractivity contribution is 7.89. The molecule has 0 aromatic heterocycles. The maximum Gasteiger partial charge on any atom is 0.335 e. The quantitative estimate of drug-likeness (QED) is 0.360. The van der Waals surface area contributed by atoms with Gasteiger partial charge in [-0.15, -0.1) is 6.42 Å². The number of esters is 1. The highest BCUT2D eigenvalue weighted by Crippen LogP contribution is 2.34. The van der Waals surface area contributed by atoms with E-state index in [0.717, 1.165) is 15.4 Å². The molecule has 0 aliphatic rings. The first kappa shape index (κ1) is 24.4. The molecular weight excluding hydrogens is 410 g/mol. The molecule has 164 valence electrons. The predicted octanol–water partition coefficient (Wildman–Crippen LogP) is 4.57. The molecule has 2 aromatic rings. The van der Waals surface area contributed by atoms with Crippen molar-refractivity contribution in [3.8, 4) is 12.3 Å².